The van der Waals surface area contributed by atoms with Crippen molar-refractivity contribution in [2.24, 2.45) is 0 Å². The van der Waals surface area contributed by atoms with Crippen LogP contribution in [0.2, 0.25) is 0 Å². The summed E-state index contributed by atoms with van der Waals surface area (Å²) in [7, 11) is 0. The molecule has 6 heteroatoms. The van der Waals surface area contributed by atoms with E-state index in [1.807, 2.05) is 29.6 Å². The van der Waals surface area contributed by atoms with Crippen molar-refractivity contribution in [1.82, 2.24) is 10.2 Å². The lowest BCUT2D eigenvalue weighted by molar-refractivity contribution is 0.108. The highest BCUT2D eigenvalue weighted by Crippen LogP contribution is 2.15. The fraction of sp³-hybridized carbons (Fsp3) is 0.438. The van der Waals surface area contributed by atoms with E-state index >= 15 is 0 Å². The molecule has 118 valence electrons. The van der Waals surface area contributed by atoms with Gasteiger partial charge < -0.3 is 19.4 Å². The molecule has 0 aromatic carbocycles. The molecule has 1 N–H and O–H groups in total. The molecular formula is C16H20N2O3S. The number of hydrogen-bond acceptors (Lipinski definition) is 4. The Hall–Kier alpha value is -1.79. The Morgan fingerprint density at radius 3 is 3.00 bits per heavy atom. The minimum Gasteiger partial charge on any atom is -0.467 e. The summed E-state index contributed by atoms with van der Waals surface area (Å²) in [6.07, 6.45) is 3.87. The van der Waals surface area contributed by atoms with E-state index in [4.69, 9.17) is 9.15 Å². The Morgan fingerprint density at radius 2 is 2.32 bits per heavy atom. The molecule has 1 unspecified atom stereocenters. The van der Waals surface area contributed by atoms with Gasteiger partial charge in [-0.2, -0.15) is 0 Å². The molecule has 1 saturated heterocycles. The molecule has 1 fully saturated rings. The summed E-state index contributed by atoms with van der Waals surface area (Å²) in [4.78, 5) is 15.4. The van der Waals surface area contributed by atoms with Gasteiger partial charge in [0.2, 0.25) is 0 Å². The van der Waals surface area contributed by atoms with E-state index in [9.17, 15) is 4.79 Å². The maximum atomic E-state index is 12.5. The molecule has 2 aromatic rings. The van der Waals surface area contributed by atoms with Crippen LogP contribution < -0.4 is 5.32 Å². The quantitative estimate of drug-likeness (QED) is 0.889. The van der Waals surface area contributed by atoms with Gasteiger partial charge in [-0.3, -0.25) is 0 Å². The van der Waals surface area contributed by atoms with Crippen molar-refractivity contribution in [3.8, 4) is 0 Å². The number of carbonyl (C=O) groups excluding carboxylic acids is 1. The van der Waals surface area contributed by atoms with Crippen molar-refractivity contribution in [1.29, 1.82) is 0 Å². The first-order chi connectivity index (χ1) is 10.8. The topological polar surface area (TPSA) is 54.7 Å². The van der Waals surface area contributed by atoms with Crippen molar-refractivity contribution in [2.45, 2.75) is 32.0 Å². The summed E-state index contributed by atoms with van der Waals surface area (Å²) >= 11 is 1.65. The molecule has 3 rings (SSSR count). The fourth-order valence-corrected chi connectivity index (χ4v) is 3.22. The van der Waals surface area contributed by atoms with Gasteiger partial charge in [0.1, 0.15) is 5.76 Å². The largest absolute Gasteiger partial charge is 0.467 e. The number of ether oxygens (including phenoxy) is 1. The van der Waals surface area contributed by atoms with E-state index in [-0.39, 0.29) is 12.1 Å². The Labute approximate surface area is 133 Å². The van der Waals surface area contributed by atoms with Crippen LogP contribution in [0.25, 0.3) is 0 Å². The Morgan fingerprint density at radius 1 is 1.36 bits per heavy atom. The summed E-state index contributed by atoms with van der Waals surface area (Å²) in [6.45, 7) is 2.40. The highest BCUT2D eigenvalue weighted by atomic mass is 32.1. The van der Waals surface area contributed by atoms with E-state index in [0.717, 1.165) is 30.1 Å². The Bertz CT molecular complexity index is 526. The van der Waals surface area contributed by atoms with Crippen LogP contribution in [-0.2, 0) is 17.8 Å². The Kier molecular flexibility index (Phi) is 5.13. The van der Waals surface area contributed by atoms with Crippen molar-refractivity contribution >= 4 is 17.4 Å². The van der Waals surface area contributed by atoms with Crippen LogP contribution in [0, 0.1) is 0 Å². The average Bonchev–Trinajstić information content (AvgIpc) is 3.27. The summed E-state index contributed by atoms with van der Waals surface area (Å²) < 4.78 is 10.9. The zero-order chi connectivity index (χ0) is 15.2. The molecule has 1 aliphatic heterocycles. The predicted octanol–water partition coefficient (Wildman–Crippen LogP) is 3.23. The van der Waals surface area contributed by atoms with Crippen LogP contribution in [0.5, 0.6) is 0 Å². The van der Waals surface area contributed by atoms with Crippen LogP contribution in [0.4, 0.5) is 4.79 Å². The van der Waals surface area contributed by atoms with Gasteiger partial charge in [0, 0.05) is 18.0 Å². The van der Waals surface area contributed by atoms with Gasteiger partial charge in [-0.15, -0.1) is 11.3 Å². The van der Waals surface area contributed by atoms with Gasteiger partial charge in [-0.05, 0) is 36.4 Å². The summed E-state index contributed by atoms with van der Waals surface area (Å²) in [5, 5.41) is 4.99. The van der Waals surface area contributed by atoms with Crippen LogP contribution in [0.3, 0.4) is 0 Å². The van der Waals surface area contributed by atoms with E-state index in [1.54, 1.807) is 22.5 Å². The number of furan rings is 1. The minimum absolute atomic E-state index is 0.0831. The molecule has 22 heavy (non-hydrogen) atoms. The standard InChI is InChI=1S/C16H20N2O3S/c19-16(17-10-13-4-1-7-20-13)18(11-14-5-2-8-21-14)12-15-6-3-9-22-15/h2-3,5-6,8-9,13H,1,4,7,10-12H2,(H,17,19). The van der Waals surface area contributed by atoms with Gasteiger partial charge in [-0.1, -0.05) is 6.07 Å². The second-order valence-electron chi connectivity index (χ2n) is 5.34. The summed E-state index contributed by atoms with van der Waals surface area (Å²) in [5.74, 6) is 0.781. The van der Waals surface area contributed by atoms with Crippen LogP contribution in [0.15, 0.2) is 40.3 Å². The second-order valence-corrected chi connectivity index (χ2v) is 6.37. The lowest BCUT2D eigenvalue weighted by Crippen LogP contribution is -2.42. The highest BCUT2D eigenvalue weighted by molar-refractivity contribution is 7.09. The molecule has 1 aliphatic rings. The van der Waals surface area contributed by atoms with Gasteiger partial charge in [0.25, 0.3) is 0 Å². The number of thiophene rings is 1. The lowest BCUT2D eigenvalue weighted by atomic mass is 10.2. The number of carbonyl (C=O) groups is 1. The maximum Gasteiger partial charge on any atom is 0.318 e. The molecule has 0 bridgehead atoms. The SMILES string of the molecule is O=C(NCC1CCCO1)N(Cc1ccco1)Cc1cccs1. The summed E-state index contributed by atoms with van der Waals surface area (Å²) in [5.41, 5.74) is 0. The molecular weight excluding hydrogens is 300 g/mol. The normalized spacial score (nSPS) is 17.5. The molecule has 3 heterocycles. The third-order valence-electron chi connectivity index (χ3n) is 3.65. The third kappa shape index (κ3) is 4.11. The molecule has 5 nitrogen and oxygen atoms in total. The molecule has 2 amide bonds. The van der Waals surface area contributed by atoms with E-state index in [1.165, 1.54) is 0 Å². The maximum absolute atomic E-state index is 12.5. The average molecular weight is 320 g/mol. The molecule has 0 spiro atoms. The van der Waals surface area contributed by atoms with Crippen molar-refractivity contribution in [3.63, 3.8) is 0 Å². The molecule has 2 aromatic heterocycles. The minimum atomic E-state index is -0.0831. The highest BCUT2D eigenvalue weighted by Gasteiger charge is 2.20. The van der Waals surface area contributed by atoms with Gasteiger partial charge in [-0.25, -0.2) is 4.79 Å². The second kappa shape index (κ2) is 7.47. The van der Waals surface area contributed by atoms with Crippen LogP contribution in [-0.4, -0.2) is 30.2 Å². The first-order valence-electron chi connectivity index (χ1n) is 7.50. The van der Waals surface area contributed by atoms with E-state index in [2.05, 4.69) is 5.32 Å². The number of nitrogens with one attached hydrogen (secondary N) is 1. The van der Waals surface area contributed by atoms with Gasteiger partial charge in [0.15, 0.2) is 0 Å². The number of hydrogen-bond donors (Lipinski definition) is 1. The predicted molar refractivity (Wildman–Crippen MR) is 84.6 cm³/mol. The zero-order valence-electron chi connectivity index (χ0n) is 12.4. The lowest BCUT2D eigenvalue weighted by Gasteiger charge is -2.22. The summed E-state index contributed by atoms with van der Waals surface area (Å²) in [6, 6.07) is 7.67. The van der Waals surface area contributed by atoms with E-state index < -0.39 is 0 Å². The third-order valence-corrected chi connectivity index (χ3v) is 4.51. The first-order valence-corrected chi connectivity index (χ1v) is 8.38. The molecule has 0 radical (unpaired) electrons. The van der Waals surface area contributed by atoms with Crippen molar-refractivity contribution in [2.75, 3.05) is 13.2 Å². The number of nitrogens with zero attached hydrogens (tertiary/aromatic N) is 1. The van der Waals surface area contributed by atoms with Crippen molar-refractivity contribution in [3.05, 3.63) is 46.5 Å². The van der Waals surface area contributed by atoms with Crippen LogP contribution >= 0.6 is 11.3 Å². The van der Waals surface area contributed by atoms with E-state index in [0.29, 0.717) is 19.6 Å². The first kappa shape index (κ1) is 15.1. The van der Waals surface area contributed by atoms with Gasteiger partial charge in [0.05, 0.1) is 25.5 Å². The van der Waals surface area contributed by atoms with Crippen molar-refractivity contribution < 1.29 is 13.9 Å². The Balaban J connectivity index is 1.59. The fourth-order valence-electron chi connectivity index (χ4n) is 2.50. The molecule has 0 saturated carbocycles. The van der Waals surface area contributed by atoms with Gasteiger partial charge >= 0.3 is 6.03 Å². The smallest absolute Gasteiger partial charge is 0.318 e. The monoisotopic (exact) mass is 320 g/mol. The number of amides is 2. The zero-order valence-corrected chi connectivity index (χ0v) is 13.2. The number of urea groups is 1. The molecule has 0 aliphatic carbocycles. The number of rotatable bonds is 6. The molecule has 1 atom stereocenters. The van der Waals surface area contributed by atoms with Crippen LogP contribution in [0.1, 0.15) is 23.5 Å².